The van der Waals surface area contributed by atoms with E-state index in [9.17, 15) is 9.59 Å². The molecule has 32 heavy (non-hydrogen) atoms. The smallest absolute Gasteiger partial charge is 0.412 e. The van der Waals surface area contributed by atoms with E-state index < -0.39 is 17.8 Å². The average molecular weight is 476 g/mol. The highest BCUT2D eigenvalue weighted by molar-refractivity contribution is 6.44. The molecular formula is C19H15Cl2N7O4. The van der Waals surface area contributed by atoms with Crippen molar-refractivity contribution in [3.8, 4) is 17.7 Å². The zero-order valence-corrected chi connectivity index (χ0v) is 18.2. The van der Waals surface area contributed by atoms with Crippen molar-refractivity contribution in [2.75, 3.05) is 5.43 Å². The molecule has 11 nitrogen and oxygen atoms in total. The summed E-state index contributed by atoms with van der Waals surface area (Å²) in [4.78, 5) is 30.6. The monoisotopic (exact) mass is 475 g/mol. The molecule has 1 amide bonds. The van der Waals surface area contributed by atoms with Crippen LogP contribution >= 0.6 is 23.2 Å². The third kappa shape index (κ3) is 4.88. The minimum absolute atomic E-state index is 0.100. The van der Waals surface area contributed by atoms with Gasteiger partial charge in [-0.2, -0.15) is 10.4 Å². The molecule has 1 aromatic carbocycles. The standard InChI is InChI=1S/C19H15Cl2N7O4/c1-9(2)28-4-3-11-16(28)24-8-25-17(11)31-15-12(20)5-10(6-13(15)21)26-27-14(7-22)18(29)32-19(23)30/h3-6,8-9,26H,1-2H3,(H2,23,30). The zero-order valence-electron chi connectivity index (χ0n) is 16.7. The molecule has 0 aliphatic rings. The fourth-order valence-electron chi connectivity index (χ4n) is 2.64. The molecule has 2 aromatic heterocycles. The molecule has 0 saturated heterocycles. The van der Waals surface area contributed by atoms with Crippen LogP contribution < -0.4 is 15.9 Å². The number of halogens is 2. The summed E-state index contributed by atoms with van der Waals surface area (Å²) in [5, 5.41) is 13.4. The summed E-state index contributed by atoms with van der Waals surface area (Å²) < 4.78 is 11.9. The van der Waals surface area contributed by atoms with E-state index in [0.29, 0.717) is 11.0 Å². The molecule has 0 saturated carbocycles. The Balaban J connectivity index is 1.87. The number of anilines is 1. The molecule has 2 heterocycles. The molecule has 0 radical (unpaired) electrons. The Morgan fingerprint density at radius 3 is 2.56 bits per heavy atom. The summed E-state index contributed by atoms with van der Waals surface area (Å²) >= 11 is 12.6. The molecule has 0 spiro atoms. The van der Waals surface area contributed by atoms with Crippen LogP contribution in [0.5, 0.6) is 11.6 Å². The topological polar surface area (TPSA) is 158 Å². The number of hydrogen-bond donors (Lipinski definition) is 2. The van der Waals surface area contributed by atoms with E-state index in [2.05, 4.69) is 25.2 Å². The van der Waals surface area contributed by atoms with Crippen molar-refractivity contribution >= 4 is 57.7 Å². The second-order valence-corrected chi connectivity index (χ2v) is 7.31. The van der Waals surface area contributed by atoms with Gasteiger partial charge in [0.2, 0.25) is 11.6 Å². The minimum atomic E-state index is -1.37. The Kier molecular flexibility index (Phi) is 6.77. The van der Waals surface area contributed by atoms with Gasteiger partial charge < -0.3 is 19.8 Å². The zero-order chi connectivity index (χ0) is 23.4. The van der Waals surface area contributed by atoms with Crippen LogP contribution in [0.15, 0.2) is 35.8 Å². The van der Waals surface area contributed by atoms with Gasteiger partial charge in [-0.15, -0.1) is 0 Å². The highest BCUT2D eigenvalue weighted by Crippen LogP contribution is 2.40. The van der Waals surface area contributed by atoms with Crippen LogP contribution in [-0.2, 0) is 9.53 Å². The lowest BCUT2D eigenvalue weighted by atomic mass is 10.3. The molecule has 0 atom stereocenters. The summed E-state index contributed by atoms with van der Waals surface area (Å²) in [7, 11) is 0. The number of hydrazone groups is 1. The van der Waals surface area contributed by atoms with Crippen molar-refractivity contribution in [1.29, 1.82) is 5.26 Å². The number of hydrogen-bond acceptors (Lipinski definition) is 9. The first-order valence-electron chi connectivity index (χ1n) is 8.95. The molecule has 0 bridgehead atoms. The first-order chi connectivity index (χ1) is 15.2. The van der Waals surface area contributed by atoms with Crippen molar-refractivity contribution in [3.05, 3.63) is 40.8 Å². The average Bonchev–Trinajstić information content (AvgIpc) is 3.16. The number of fused-ring (bicyclic) bond motifs is 1. The molecule has 3 N–H and O–H groups in total. The fraction of sp³-hybridized carbons (Fsp3) is 0.158. The van der Waals surface area contributed by atoms with Gasteiger partial charge in [0.1, 0.15) is 18.0 Å². The molecule has 3 rings (SSSR count). The van der Waals surface area contributed by atoms with Crippen LogP contribution in [0.4, 0.5) is 10.5 Å². The maximum absolute atomic E-state index is 11.5. The minimum Gasteiger partial charge on any atom is -0.435 e. The van der Waals surface area contributed by atoms with E-state index in [1.165, 1.54) is 24.5 Å². The Labute approximate surface area is 191 Å². The van der Waals surface area contributed by atoms with Crippen LogP contribution in [0.3, 0.4) is 0 Å². The number of carbonyl (C=O) groups excluding carboxylic acids is 2. The highest BCUT2D eigenvalue weighted by atomic mass is 35.5. The van der Waals surface area contributed by atoms with Gasteiger partial charge in [-0.25, -0.2) is 19.6 Å². The molecular weight excluding hydrogens is 461 g/mol. The van der Waals surface area contributed by atoms with E-state index in [4.69, 9.17) is 38.9 Å². The number of nitrogens with one attached hydrogen (secondary N) is 1. The summed E-state index contributed by atoms with van der Waals surface area (Å²) in [5.74, 6) is -0.919. The maximum atomic E-state index is 11.5. The summed E-state index contributed by atoms with van der Waals surface area (Å²) in [6, 6.07) is 6.29. The predicted octanol–water partition coefficient (Wildman–Crippen LogP) is 4.02. The van der Waals surface area contributed by atoms with E-state index in [1.54, 1.807) is 0 Å². The molecule has 0 unspecified atom stereocenters. The van der Waals surface area contributed by atoms with E-state index in [0.717, 1.165) is 0 Å². The van der Waals surface area contributed by atoms with Crippen molar-refractivity contribution in [2.24, 2.45) is 10.8 Å². The SMILES string of the molecule is CC(C)n1ccc2c(Oc3c(Cl)cc(NN=C(C#N)C(=O)OC(N)=O)cc3Cl)ncnc21. The number of amides is 1. The summed E-state index contributed by atoms with van der Waals surface area (Å²) in [6.07, 6.45) is 1.88. The number of nitriles is 1. The van der Waals surface area contributed by atoms with Gasteiger partial charge in [0, 0.05) is 12.2 Å². The first kappa shape index (κ1) is 22.8. The fourth-order valence-corrected chi connectivity index (χ4v) is 3.21. The van der Waals surface area contributed by atoms with E-state index in [1.807, 2.05) is 30.7 Å². The van der Waals surface area contributed by atoms with Gasteiger partial charge in [0.25, 0.3) is 0 Å². The molecule has 0 fully saturated rings. The number of ether oxygens (including phenoxy) is 2. The number of esters is 1. The van der Waals surface area contributed by atoms with Crippen molar-refractivity contribution in [3.63, 3.8) is 0 Å². The van der Waals surface area contributed by atoms with Crippen molar-refractivity contribution in [1.82, 2.24) is 14.5 Å². The van der Waals surface area contributed by atoms with Gasteiger partial charge in [-0.05, 0) is 32.0 Å². The molecule has 0 aliphatic heterocycles. The third-order valence-corrected chi connectivity index (χ3v) is 4.58. The van der Waals surface area contributed by atoms with Gasteiger partial charge in [0.15, 0.2) is 5.75 Å². The number of nitrogens with zero attached hydrogens (tertiary/aromatic N) is 5. The molecule has 164 valence electrons. The third-order valence-electron chi connectivity index (χ3n) is 4.02. The van der Waals surface area contributed by atoms with Crippen LogP contribution in [0.2, 0.25) is 10.0 Å². The van der Waals surface area contributed by atoms with Crippen LogP contribution in [0.25, 0.3) is 11.0 Å². The largest absolute Gasteiger partial charge is 0.435 e. The summed E-state index contributed by atoms with van der Waals surface area (Å²) in [6.45, 7) is 4.05. The Morgan fingerprint density at radius 2 is 1.97 bits per heavy atom. The van der Waals surface area contributed by atoms with Gasteiger partial charge >= 0.3 is 12.1 Å². The number of benzene rings is 1. The maximum Gasteiger partial charge on any atom is 0.412 e. The molecule has 3 aromatic rings. The quantitative estimate of drug-likeness (QED) is 0.234. The first-order valence-corrected chi connectivity index (χ1v) is 9.70. The number of nitrogens with two attached hydrogens (primary N) is 1. The van der Waals surface area contributed by atoms with E-state index >= 15 is 0 Å². The highest BCUT2D eigenvalue weighted by Gasteiger charge is 2.18. The van der Waals surface area contributed by atoms with Gasteiger partial charge in [-0.3, -0.25) is 5.43 Å². The van der Waals surface area contributed by atoms with Crippen LogP contribution in [0, 0.1) is 11.3 Å². The molecule has 0 aliphatic carbocycles. The van der Waals surface area contributed by atoms with Crippen LogP contribution in [0.1, 0.15) is 19.9 Å². The Bertz CT molecular complexity index is 1260. The number of rotatable bonds is 6. The summed E-state index contributed by atoms with van der Waals surface area (Å²) in [5.41, 5.74) is 7.34. The Hall–Kier alpha value is -3.88. The number of carbonyl (C=O) groups is 2. The van der Waals surface area contributed by atoms with Gasteiger partial charge in [0.05, 0.1) is 21.1 Å². The second-order valence-electron chi connectivity index (χ2n) is 6.50. The Morgan fingerprint density at radius 1 is 1.28 bits per heavy atom. The van der Waals surface area contributed by atoms with Gasteiger partial charge in [-0.1, -0.05) is 23.2 Å². The number of aromatic nitrogens is 3. The molecule has 13 heteroatoms. The second kappa shape index (κ2) is 9.51. The normalized spacial score (nSPS) is 11.3. The predicted molar refractivity (Wildman–Crippen MR) is 117 cm³/mol. The lowest BCUT2D eigenvalue weighted by molar-refractivity contribution is -0.129. The van der Waals surface area contributed by atoms with E-state index in [-0.39, 0.29) is 33.4 Å². The number of primary amides is 1. The lowest BCUT2D eigenvalue weighted by Gasteiger charge is -2.12. The van der Waals surface area contributed by atoms with Crippen molar-refractivity contribution in [2.45, 2.75) is 19.9 Å². The lowest BCUT2D eigenvalue weighted by Crippen LogP contribution is -2.24. The van der Waals surface area contributed by atoms with Crippen LogP contribution in [-0.4, -0.2) is 32.3 Å². The van der Waals surface area contributed by atoms with Crippen molar-refractivity contribution < 1.29 is 19.1 Å².